The van der Waals surface area contributed by atoms with Crippen molar-refractivity contribution >= 4 is 11.7 Å². The minimum Gasteiger partial charge on any atom is -0.381 e. The molecule has 3 rings (SSSR count). The fourth-order valence-electron chi connectivity index (χ4n) is 3.22. The van der Waals surface area contributed by atoms with E-state index in [4.69, 9.17) is 4.74 Å². The van der Waals surface area contributed by atoms with E-state index in [-0.39, 0.29) is 23.8 Å². The van der Waals surface area contributed by atoms with Gasteiger partial charge in [-0.15, -0.1) is 0 Å². The van der Waals surface area contributed by atoms with E-state index in [1.54, 1.807) is 23.9 Å². The van der Waals surface area contributed by atoms with Crippen LogP contribution in [0.25, 0.3) is 0 Å². The van der Waals surface area contributed by atoms with E-state index in [1.165, 1.54) is 12.1 Å². The fourth-order valence-corrected chi connectivity index (χ4v) is 3.22. The molecule has 1 aromatic carbocycles. The SMILES string of the molecule is Cc1cc(NC(=O)CNC2(c3ccc(F)cc3)CCOCC2)n(C)n1. The Bertz CT molecular complexity index is 736. The number of amides is 1. The summed E-state index contributed by atoms with van der Waals surface area (Å²) in [6.07, 6.45) is 1.47. The zero-order valence-electron chi connectivity index (χ0n) is 14.5. The molecule has 7 heteroatoms. The van der Waals surface area contributed by atoms with Crippen LogP contribution < -0.4 is 10.6 Å². The number of benzene rings is 1. The number of aromatic nitrogens is 2. The van der Waals surface area contributed by atoms with Crippen molar-refractivity contribution in [3.05, 3.63) is 47.4 Å². The Morgan fingerprint density at radius 2 is 2.00 bits per heavy atom. The summed E-state index contributed by atoms with van der Waals surface area (Å²) in [7, 11) is 1.79. The van der Waals surface area contributed by atoms with Crippen molar-refractivity contribution in [3.8, 4) is 0 Å². The van der Waals surface area contributed by atoms with Gasteiger partial charge in [0.25, 0.3) is 0 Å². The molecular formula is C18H23FN4O2. The molecular weight excluding hydrogens is 323 g/mol. The molecule has 134 valence electrons. The highest BCUT2D eigenvalue weighted by atomic mass is 19.1. The van der Waals surface area contributed by atoms with Crippen molar-refractivity contribution in [2.24, 2.45) is 7.05 Å². The monoisotopic (exact) mass is 346 g/mol. The lowest BCUT2D eigenvalue weighted by Gasteiger charge is -2.38. The number of ether oxygens (including phenoxy) is 1. The smallest absolute Gasteiger partial charge is 0.239 e. The number of carbonyl (C=O) groups is 1. The van der Waals surface area contributed by atoms with Crippen LogP contribution in [0.3, 0.4) is 0 Å². The molecule has 1 fully saturated rings. The Morgan fingerprint density at radius 3 is 2.60 bits per heavy atom. The molecule has 1 aromatic heterocycles. The van der Waals surface area contributed by atoms with Crippen molar-refractivity contribution in [2.45, 2.75) is 25.3 Å². The van der Waals surface area contributed by atoms with Gasteiger partial charge in [-0.25, -0.2) is 4.39 Å². The molecule has 1 amide bonds. The van der Waals surface area contributed by atoms with Crippen LogP contribution >= 0.6 is 0 Å². The van der Waals surface area contributed by atoms with Gasteiger partial charge in [-0.3, -0.25) is 14.8 Å². The lowest BCUT2D eigenvalue weighted by atomic mass is 9.82. The second-order valence-corrected chi connectivity index (χ2v) is 6.40. The second-order valence-electron chi connectivity index (χ2n) is 6.40. The van der Waals surface area contributed by atoms with Gasteiger partial charge in [-0.05, 0) is 37.5 Å². The number of aryl methyl sites for hydroxylation is 2. The molecule has 2 N–H and O–H groups in total. The van der Waals surface area contributed by atoms with Crippen LogP contribution in [0.1, 0.15) is 24.1 Å². The molecule has 1 aliphatic heterocycles. The maximum Gasteiger partial charge on any atom is 0.239 e. The van der Waals surface area contributed by atoms with E-state index in [0.29, 0.717) is 19.0 Å². The molecule has 6 nitrogen and oxygen atoms in total. The summed E-state index contributed by atoms with van der Waals surface area (Å²) in [5.74, 6) is 0.248. The van der Waals surface area contributed by atoms with E-state index in [1.807, 2.05) is 13.0 Å². The van der Waals surface area contributed by atoms with Crippen molar-refractivity contribution < 1.29 is 13.9 Å². The molecule has 0 radical (unpaired) electrons. The van der Waals surface area contributed by atoms with Crippen LogP contribution in [-0.2, 0) is 22.1 Å². The van der Waals surface area contributed by atoms with Gasteiger partial charge in [0.05, 0.1) is 12.2 Å². The first-order valence-electron chi connectivity index (χ1n) is 8.38. The van der Waals surface area contributed by atoms with Crippen LogP contribution in [0.15, 0.2) is 30.3 Å². The van der Waals surface area contributed by atoms with E-state index in [2.05, 4.69) is 15.7 Å². The largest absolute Gasteiger partial charge is 0.381 e. The van der Waals surface area contributed by atoms with Crippen molar-refractivity contribution in [3.63, 3.8) is 0 Å². The summed E-state index contributed by atoms with van der Waals surface area (Å²) in [5.41, 5.74) is 1.44. The first-order valence-corrected chi connectivity index (χ1v) is 8.38. The third kappa shape index (κ3) is 4.05. The quantitative estimate of drug-likeness (QED) is 0.870. The van der Waals surface area contributed by atoms with Gasteiger partial charge in [-0.1, -0.05) is 12.1 Å². The Hall–Kier alpha value is -2.25. The normalized spacial score (nSPS) is 16.6. The number of nitrogens with one attached hydrogen (secondary N) is 2. The molecule has 0 bridgehead atoms. The third-order valence-electron chi connectivity index (χ3n) is 4.60. The molecule has 0 atom stereocenters. The number of halogens is 1. The van der Waals surface area contributed by atoms with Crippen LogP contribution in [0.4, 0.5) is 10.2 Å². The molecule has 0 saturated carbocycles. The summed E-state index contributed by atoms with van der Waals surface area (Å²) in [5, 5.41) is 10.4. The van der Waals surface area contributed by atoms with Crippen molar-refractivity contribution in [2.75, 3.05) is 25.1 Å². The molecule has 0 unspecified atom stereocenters. The van der Waals surface area contributed by atoms with Crippen LogP contribution in [0.5, 0.6) is 0 Å². The Balaban J connectivity index is 1.69. The summed E-state index contributed by atoms with van der Waals surface area (Å²) < 4.78 is 20.4. The number of rotatable bonds is 5. The van der Waals surface area contributed by atoms with E-state index in [0.717, 1.165) is 24.1 Å². The van der Waals surface area contributed by atoms with E-state index < -0.39 is 0 Å². The van der Waals surface area contributed by atoms with Gasteiger partial charge in [0.1, 0.15) is 11.6 Å². The highest BCUT2D eigenvalue weighted by molar-refractivity contribution is 5.91. The predicted molar refractivity (Wildman–Crippen MR) is 92.7 cm³/mol. The summed E-state index contributed by atoms with van der Waals surface area (Å²) >= 11 is 0. The van der Waals surface area contributed by atoms with Crippen LogP contribution in [0, 0.1) is 12.7 Å². The average Bonchev–Trinajstić information content (AvgIpc) is 2.91. The van der Waals surface area contributed by atoms with Gasteiger partial charge in [0.2, 0.25) is 5.91 Å². The minimum absolute atomic E-state index is 0.143. The van der Waals surface area contributed by atoms with Gasteiger partial charge in [0.15, 0.2) is 0 Å². The number of nitrogens with zero attached hydrogens (tertiary/aromatic N) is 2. The molecule has 0 spiro atoms. The van der Waals surface area contributed by atoms with Crippen molar-refractivity contribution in [1.29, 1.82) is 0 Å². The summed E-state index contributed by atoms with van der Waals surface area (Å²) in [4.78, 5) is 12.3. The molecule has 1 saturated heterocycles. The van der Waals surface area contributed by atoms with E-state index >= 15 is 0 Å². The van der Waals surface area contributed by atoms with Gasteiger partial charge < -0.3 is 10.1 Å². The van der Waals surface area contributed by atoms with Crippen LogP contribution in [0.2, 0.25) is 0 Å². The maximum absolute atomic E-state index is 13.3. The molecule has 0 aliphatic carbocycles. The highest BCUT2D eigenvalue weighted by Gasteiger charge is 2.34. The number of carbonyl (C=O) groups excluding carboxylic acids is 1. The summed E-state index contributed by atoms with van der Waals surface area (Å²) in [6, 6.07) is 8.27. The predicted octanol–water partition coefficient (Wildman–Crippen LogP) is 2.10. The number of hydrogen-bond acceptors (Lipinski definition) is 4. The fraction of sp³-hybridized carbons (Fsp3) is 0.444. The number of hydrogen-bond donors (Lipinski definition) is 2. The lowest BCUT2D eigenvalue weighted by Crippen LogP contribution is -2.49. The zero-order valence-corrected chi connectivity index (χ0v) is 14.5. The third-order valence-corrected chi connectivity index (χ3v) is 4.60. The Kier molecular flexibility index (Phi) is 5.15. The van der Waals surface area contributed by atoms with Crippen molar-refractivity contribution in [1.82, 2.24) is 15.1 Å². The molecule has 2 aromatic rings. The number of anilines is 1. The molecule has 25 heavy (non-hydrogen) atoms. The van der Waals surface area contributed by atoms with Gasteiger partial charge >= 0.3 is 0 Å². The van der Waals surface area contributed by atoms with E-state index in [9.17, 15) is 9.18 Å². The molecule has 1 aliphatic rings. The topological polar surface area (TPSA) is 68.2 Å². The Labute approximate surface area is 146 Å². The maximum atomic E-state index is 13.3. The lowest BCUT2D eigenvalue weighted by molar-refractivity contribution is -0.116. The van der Waals surface area contributed by atoms with Gasteiger partial charge in [-0.2, -0.15) is 5.10 Å². The highest BCUT2D eigenvalue weighted by Crippen LogP contribution is 2.32. The first kappa shape index (κ1) is 17.6. The average molecular weight is 346 g/mol. The second kappa shape index (κ2) is 7.33. The minimum atomic E-state index is -0.383. The van der Waals surface area contributed by atoms with Gasteiger partial charge in [0, 0.05) is 31.9 Å². The zero-order chi connectivity index (χ0) is 17.9. The van der Waals surface area contributed by atoms with Crippen LogP contribution in [-0.4, -0.2) is 35.4 Å². The summed E-state index contributed by atoms with van der Waals surface area (Å²) in [6.45, 7) is 3.24. The Morgan fingerprint density at radius 1 is 1.32 bits per heavy atom. The first-order chi connectivity index (χ1) is 12.0. The standard InChI is InChI=1S/C18H23FN4O2/c1-13-11-16(23(2)22-13)21-17(24)12-20-18(7-9-25-10-8-18)14-3-5-15(19)6-4-14/h3-6,11,20H,7-10,12H2,1-2H3,(H,21,24). The molecule has 2 heterocycles.